The third kappa shape index (κ3) is 2.94. The summed E-state index contributed by atoms with van der Waals surface area (Å²) < 4.78 is 39.8. The van der Waals surface area contributed by atoms with E-state index < -0.39 is 10.2 Å². The number of nitrogens with one attached hydrogen (secondary N) is 1. The van der Waals surface area contributed by atoms with E-state index in [1.165, 1.54) is 4.31 Å². The van der Waals surface area contributed by atoms with Gasteiger partial charge in [-0.3, -0.25) is 0 Å². The Kier molecular flexibility index (Phi) is 4.07. The van der Waals surface area contributed by atoms with E-state index >= 15 is 0 Å². The van der Waals surface area contributed by atoms with Crippen molar-refractivity contribution in [1.29, 1.82) is 0 Å². The van der Waals surface area contributed by atoms with E-state index in [4.69, 9.17) is 8.83 Å². The lowest BCUT2D eigenvalue weighted by Gasteiger charge is -2.22. The van der Waals surface area contributed by atoms with Gasteiger partial charge in [0.25, 0.3) is 10.2 Å². The number of aromatic nitrogens is 1. The van der Waals surface area contributed by atoms with Crippen LogP contribution in [0.4, 0.5) is 0 Å². The molecule has 1 fully saturated rings. The average molecular weight is 325 g/mol. The molecule has 0 aromatic carbocycles. The molecule has 0 radical (unpaired) electrons. The second-order valence-corrected chi connectivity index (χ2v) is 7.07. The van der Waals surface area contributed by atoms with E-state index in [1.54, 1.807) is 25.3 Å². The second kappa shape index (κ2) is 5.86. The van der Waals surface area contributed by atoms with Crippen LogP contribution in [0.1, 0.15) is 42.0 Å². The molecule has 0 unspecified atom stereocenters. The fourth-order valence-corrected chi connectivity index (χ4v) is 4.03. The summed E-state index contributed by atoms with van der Waals surface area (Å²) >= 11 is 0. The Bertz CT molecular complexity index is 717. The molecule has 0 bridgehead atoms. The zero-order valence-corrected chi connectivity index (χ0v) is 13.4. The number of nitrogens with zero attached hydrogens (tertiary/aromatic N) is 2. The van der Waals surface area contributed by atoms with Gasteiger partial charge in [-0.15, -0.1) is 0 Å². The lowest BCUT2D eigenvalue weighted by Crippen LogP contribution is -2.39. The van der Waals surface area contributed by atoms with Gasteiger partial charge in [0.1, 0.15) is 11.5 Å². The molecule has 3 heterocycles. The van der Waals surface area contributed by atoms with Gasteiger partial charge in [-0.05, 0) is 38.8 Å². The monoisotopic (exact) mass is 325 g/mol. The molecule has 22 heavy (non-hydrogen) atoms. The van der Waals surface area contributed by atoms with Crippen LogP contribution in [0.2, 0.25) is 0 Å². The highest BCUT2D eigenvalue weighted by Crippen LogP contribution is 2.33. The Hall–Kier alpha value is -1.64. The van der Waals surface area contributed by atoms with Crippen LogP contribution in [0.3, 0.4) is 0 Å². The molecule has 0 spiro atoms. The smallest absolute Gasteiger partial charge is 0.280 e. The predicted molar refractivity (Wildman–Crippen MR) is 79.1 cm³/mol. The summed E-state index contributed by atoms with van der Waals surface area (Å²) in [6.07, 6.45) is 3.12. The SMILES string of the molecule is Cc1nc(CNS(=O)(=O)N2CCC[C@@H]2c2ccco2)oc1C. The van der Waals surface area contributed by atoms with Crippen LogP contribution < -0.4 is 4.72 Å². The fraction of sp³-hybridized carbons (Fsp3) is 0.500. The van der Waals surface area contributed by atoms with Gasteiger partial charge >= 0.3 is 0 Å². The summed E-state index contributed by atoms with van der Waals surface area (Å²) in [6.45, 7) is 4.14. The lowest BCUT2D eigenvalue weighted by molar-refractivity contribution is 0.334. The maximum atomic E-state index is 12.5. The van der Waals surface area contributed by atoms with E-state index in [-0.39, 0.29) is 12.6 Å². The van der Waals surface area contributed by atoms with E-state index in [0.717, 1.165) is 18.5 Å². The first-order valence-electron chi connectivity index (χ1n) is 7.20. The van der Waals surface area contributed by atoms with Crippen molar-refractivity contribution >= 4 is 10.2 Å². The Morgan fingerprint density at radius 2 is 2.27 bits per heavy atom. The number of aryl methyl sites for hydroxylation is 2. The zero-order valence-electron chi connectivity index (χ0n) is 12.6. The molecular weight excluding hydrogens is 306 g/mol. The summed E-state index contributed by atoms with van der Waals surface area (Å²) in [5.41, 5.74) is 0.767. The molecular formula is C14H19N3O4S. The summed E-state index contributed by atoms with van der Waals surface area (Å²) in [5, 5.41) is 0. The molecule has 0 aliphatic carbocycles. The van der Waals surface area contributed by atoms with E-state index in [2.05, 4.69) is 9.71 Å². The van der Waals surface area contributed by atoms with Gasteiger partial charge in [-0.25, -0.2) is 4.98 Å². The lowest BCUT2D eigenvalue weighted by atomic mass is 10.2. The first-order chi connectivity index (χ1) is 10.5. The molecule has 1 atom stereocenters. The summed E-state index contributed by atoms with van der Waals surface area (Å²) in [6, 6.07) is 3.32. The van der Waals surface area contributed by atoms with Crippen LogP contribution in [-0.4, -0.2) is 24.3 Å². The van der Waals surface area contributed by atoms with Crippen LogP contribution in [0.15, 0.2) is 27.2 Å². The molecule has 1 aliphatic heterocycles. The molecule has 2 aromatic rings. The van der Waals surface area contributed by atoms with Crippen LogP contribution in [0, 0.1) is 13.8 Å². The first kappa shape index (κ1) is 15.3. The van der Waals surface area contributed by atoms with Gasteiger partial charge in [0.2, 0.25) is 5.89 Å². The van der Waals surface area contributed by atoms with E-state index in [9.17, 15) is 8.42 Å². The average Bonchev–Trinajstić information content (AvgIpc) is 3.17. The minimum absolute atomic E-state index is 0.0401. The molecule has 7 nitrogen and oxygen atoms in total. The topological polar surface area (TPSA) is 88.6 Å². The highest BCUT2D eigenvalue weighted by Gasteiger charge is 2.36. The second-order valence-electron chi connectivity index (χ2n) is 5.36. The molecule has 2 aromatic heterocycles. The summed E-state index contributed by atoms with van der Waals surface area (Å²) in [4.78, 5) is 4.18. The minimum atomic E-state index is -3.61. The van der Waals surface area contributed by atoms with Crippen molar-refractivity contribution < 1.29 is 17.3 Å². The highest BCUT2D eigenvalue weighted by atomic mass is 32.2. The van der Waals surface area contributed by atoms with Crippen molar-refractivity contribution in [3.05, 3.63) is 41.5 Å². The Morgan fingerprint density at radius 3 is 2.91 bits per heavy atom. The Balaban J connectivity index is 1.72. The predicted octanol–water partition coefficient (Wildman–Crippen LogP) is 2.06. The maximum Gasteiger partial charge on any atom is 0.280 e. The van der Waals surface area contributed by atoms with Crippen molar-refractivity contribution in [2.45, 2.75) is 39.3 Å². The van der Waals surface area contributed by atoms with Crippen molar-refractivity contribution in [1.82, 2.24) is 14.0 Å². The molecule has 0 amide bonds. The van der Waals surface area contributed by atoms with Gasteiger partial charge in [-0.2, -0.15) is 17.4 Å². The van der Waals surface area contributed by atoms with Gasteiger partial charge in [0.15, 0.2) is 0 Å². The number of rotatable bonds is 5. The standard InChI is InChI=1S/C14H19N3O4S/c1-10-11(2)21-14(16-10)9-15-22(18,19)17-7-3-5-12(17)13-6-4-8-20-13/h4,6,8,12,15H,3,5,7,9H2,1-2H3/t12-/m1/s1. The summed E-state index contributed by atoms with van der Waals surface area (Å²) in [7, 11) is -3.61. The minimum Gasteiger partial charge on any atom is -0.468 e. The van der Waals surface area contributed by atoms with Crippen LogP contribution >= 0.6 is 0 Å². The normalized spacial score (nSPS) is 19.8. The maximum absolute atomic E-state index is 12.5. The largest absolute Gasteiger partial charge is 0.468 e. The van der Waals surface area contributed by atoms with Crippen molar-refractivity contribution in [2.24, 2.45) is 0 Å². The third-order valence-electron chi connectivity index (χ3n) is 3.86. The molecule has 120 valence electrons. The molecule has 8 heteroatoms. The van der Waals surface area contributed by atoms with E-state index in [1.807, 2.05) is 6.92 Å². The van der Waals surface area contributed by atoms with Gasteiger partial charge in [-0.1, -0.05) is 0 Å². The number of hydrogen-bond acceptors (Lipinski definition) is 5. The molecule has 1 N–H and O–H groups in total. The van der Waals surface area contributed by atoms with Crippen molar-refractivity contribution in [3.8, 4) is 0 Å². The van der Waals surface area contributed by atoms with Crippen LogP contribution in [-0.2, 0) is 16.8 Å². The van der Waals surface area contributed by atoms with E-state index in [0.29, 0.717) is 24.0 Å². The first-order valence-corrected chi connectivity index (χ1v) is 8.64. The third-order valence-corrected chi connectivity index (χ3v) is 5.43. The number of hydrogen-bond donors (Lipinski definition) is 1. The highest BCUT2D eigenvalue weighted by molar-refractivity contribution is 7.87. The van der Waals surface area contributed by atoms with Gasteiger partial charge < -0.3 is 8.83 Å². The van der Waals surface area contributed by atoms with Gasteiger partial charge in [0.05, 0.1) is 24.5 Å². The fourth-order valence-electron chi connectivity index (χ4n) is 2.64. The Labute approximate surface area is 129 Å². The molecule has 1 aliphatic rings. The van der Waals surface area contributed by atoms with Crippen LogP contribution in [0.25, 0.3) is 0 Å². The summed E-state index contributed by atoms with van der Waals surface area (Å²) in [5.74, 6) is 1.74. The Morgan fingerprint density at radius 1 is 1.45 bits per heavy atom. The number of oxazole rings is 1. The molecule has 0 saturated carbocycles. The zero-order chi connectivity index (χ0) is 15.7. The van der Waals surface area contributed by atoms with Crippen LogP contribution in [0.5, 0.6) is 0 Å². The number of furan rings is 1. The van der Waals surface area contributed by atoms with Crippen molar-refractivity contribution in [3.63, 3.8) is 0 Å². The quantitative estimate of drug-likeness (QED) is 0.909. The van der Waals surface area contributed by atoms with Gasteiger partial charge in [0, 0.05) is 6.54 Å². The molecule has 1 saturated heterocycles. The molecule has 3 rings (SSSR count). The van der Waals surface area contributed by atoms with Crippen molar-refractivity contribution in [2.75, 3.05) is 6.54 Å².